The standard InChI is InChI=1S/C25H28N2O5/c1-18(31)25-26-13-14-27(25)22(16-29)9-4-19-2-5-20(6-3-19)21-7-10-23(11-8-21)32-24(17-30)12-15-28/h2-3,5-8,10-11,13-14,18,22,24,28-31H,12,15-17H2,1H3/t18-,22?,24?/m0/s1. The molecule has 168 valence electrons. The topological polar surface area (TPSA) is 108 Å². The fourth-order valence-corrected chi connectivity index (χ4v) is 3.28. The molecule has 0 amide bonds. The van der Waals surface area contributed by atoms with Crippen molar-refractivity contribution in [2.75, 3.05) is 19.8 Å². The number of rotatable bonds is 9. The quantitative estimate of drug-likeness (QED) is 0.384. The highest BCUT2D eigenvalue weighted by atomic mass is 16.5. The molecule has 0 aliphatic rings. The zero-order valence-corrected chi connectivity index (χ0v) is 17.9. The average molecular weight is 437 g/mol. The highest BCUT2D eigenvalue weighted by Gasteiger charge is 2.14. The van der Waals surface area contributed by atoms with Gasteiger partial charge in [0.05, 0.1) is 13.2 Å². The van der Waals surface area contributed by atoms with Gasteiger partial charge in [0.15, 0.2) is 0 Å². The maximum Gasteiger partial charge on any atom is 0.138 e. The molecule has 7 heteroatoms. The van der Waals surface area contributed by atoms with Crippen molar-refractivity contribution < 1.29 is 25.2 Å². The molecule has 0 spiro atoms. The van der Waals surface area contributed by atoms with Crippen molar-refractivity contribution in [1.29, 1.82) is 0 Å². The molecule has 0 saturated heterocycles. The molecule has 2 aromatic carbocycles. The molecule has 0 fully saturated rings. The Kier molecular flexibility index (Phi) is 8.42. The van der Waals surface area contributed by atoms with Gasteiger partial charge in [-0.1, -0.05) is 36.1 Å². The third-order valence-corrected chi connectivity index (χ3v) is 4.99. The first kappa shape index (κ1) is 23.5. The Morgan fingerprint density at radius 2 is 1.62 bits per heavy atom. The lowest BCUT2D eigenvalue weighted by Crippen LogP contribution is -2.22. The Balaban J connectivity index is 1.70. The summed E-state index contributed by atoms with van der Waals surface area (Å²) in [6, 6.07) is 14.8. The highest BCUT2D eigenvalue weighted by Crippen LogP contribution is 2.24. The number of hydrogen-bond acceptors (Lipinski definition) is 6. The van der Waals surface area contributed by atoms with E-state index in [4.69, 9.17) is 9.84 Å². The molecule has 2 unspecified atom stereocenters. The maximum absolute atomic E-state index is 9.82. The van der Waals surface area contributed by atoms with Gasteiger partial charge in [-0.25, -0.2) is 4.98 Å². The summed E-state index contributed by atoms with van der Waals surface area (Å²) in [5.74, 6) is 7.21. The second-order valence-corrected chi connectivity index (χ2v) is 7.37. The molecule has 4 N–H and O–H groups in total. The predicted molar refractivity (Wildman–Crippen MR) is 121 cm³/mol. The summed E-state index contributed by atoms with van der Waals surface area (Å²) in [7, 11) is 0. The van der Waals surface area contributed by atoms with Crippen LogP contribution in [0.15, 0.2) is 60.9 Å². The molecule has 0 saturated carbocycles. The molecule has 3 atom stereocenters. The molecule has 32 heavy (non-hydrogen) atoms. The van der Waals surface area contributed by atoms with Crippen LogP contribution in [0.2, 0.25) is 0 Å². The third kappa shape index (κ3) is 5.96. The van der Waals surface area contributed by atoms with Crippen LogP contribution in [0.1, 0.15) is 36.9 Å². The van der Waals surface area contributed by atoms with Crippen molar-refractivity contribution >= 4 is 0 Å². The summed E-state index contributed by atoms with van der Waals surface area (Å²) in [6.45, 7) is 1.24. The van der Waals surface area contributed by atoms with Gasteiger partial charge in [0, 0.05) is 31.0 Å². The first-order valence-electron chi connectivity index (χ1n) is 10.5. The van der Waals surface area contributed by atoms with E-state index in [1.807, 2.05) is 48.5 Å². The molecule has 3 rings (SSSR count). The van der Waals surface area contributed by atoms with Crippen LogP contribution in [0.5, 0.6) is 5.75 Å². The number of ether oxygens (including phenoxy) is 1. The zero-order valence-electron chi connectivity index (χ0n) is 17.9. The average Bonchev–Trinajstić information content (AvgIpc) is 3.30. The smallest absolute Gasteiger partial charge is 0.138 e. The summed E-state index contributed by atoms with van der Waals surface area (Å²) in [5, 5.41) is 37.8. The number of aliphatic hydroxyl groups excluding tert-OH is 4. The molecular weight excluding hydrogens is 408 g/mol. The SMILES string of the molecule is C[C@H](O)c1nccn1C(C#Cc1ccc(-c2ccc(OC(CO)CCO)cc2)cc1)CO. The molecule has 1 aromatic heterocycles. The van der Waals surface area contributed by atoms with E-state index in [2.05, 4.69) is 16.8 Å². The molecular formula is C25H28N2O5. The summed E-state index contributed by atoms with van der Waals surface area (Å²) in [4.78, 5) is 4.12. The number of hydrogen-bond donors (Lipinski definition) is 4. The minimum absolute atomic E-state index is 0.0400. The van der Waals surface area contributed by atoms with E-state index >= 15 is 0 Å². The van der Waals surface area contributed by atoms with Gasteiger partial charge >= 0.3 is 0 Å². The van der Waals surface area contributed by atoms with Crippen molar-refractivity contribution in [3.8, 4) is 28.7 Å². The molecule has 3 aromatic rings. The lowest BCUT2D eigenvalue weighted by Gasteiger charge is -2.16. The van der Waals surface area contributed by atoms with Gasteiger partial charge in [-0.15, -0.1) is 0 Å². The van der Waals surface area contributed by atoms with Crippen LogP contribution < -0.4 is 4.74 Å². The minimum atomic E-state index is -0.749. The van der Waals surface area contributed by atoms with Crippen molar-refractivity contribution in [3.63, 3.8) is 0 Å². The van der Waals surface area contributed by atoms with Crippen molar-refractivity contribution in [2.45, 2.75) is 31.6 Å². The summed E-state index contributed by atoms with van der Waals surface area (Å²) in [5.41, 5.74) is 2.83. The van der Waals surface area contributed by atoms with Crippen molar-refractivity contribution in [2.24, 2.45) is 0 Å². The van der Waals surface area contributed by atoms with E-state index in [0.29, 0.717) is 18.0 Å². The fraction of sp³-hybridized carbons (Fsp3) is 0.320. The number of benzene rings is 2. The Morgan fingerprint density at radius 1 is 0.969 bits per heavy atom. The van der Waals surface area contributed by atoms with Crippen LogP contribution in [-0.4, -0.2) is 55.9 Å². The molecule has 0 aliphatic heterocycles. The van der Waals surface area contributed by atoms with Crippen LogP contribution in [0.4, 0.5) is 0 Å². The van der Waals surface area contributed by atoms with E-state index in [1.54, 1.807) is 23.9 Å². The fourth-order valence-electron chi connectivity index (χ4n) is 3.28. The zero-order chi connectivity index (χ0) is 22.9. The second-order valence-electron chi connectivity index (χ2n) is 7.37. The van der Waals surface area contributed by atoms with Crippen LogP contribution in [0, 0.1) is 11.8 Å². The van der Waals surface area contributed by atoms with Gasteiger partial charge in [-0.3, -0.25) is 0 Å². The van der Waals surface area contributed by atoms with Gasteiger partial charge < -0.3 is 29.7 Å². The largest absolute Gasteiger partial charge is 0.488 e. The van der Waals surface area contributed by atoms with E-state index in [1.165, 1.54) is 0 Å². The Hall–Kier alpha value is -3.15. The molecule has 1 heterocycles. The van der Waals surface area contributed by atoms with Gasteiger partial charge in [0.2, 0.25) is 0 Å². The highest BCUT2D eigenvalue weighted by molar-refractivity contribution is 5.65. The van der Waals surface area contributed by atoms with Gasteiger partial charge in [0.1, 0.15) is 29.8 Å². The van der Waals surface area contributed by atoms with E-state index < -0.39 is 18.2 Å². The Morgan fingerprint density at radius 3 is 2.19 bits per heavy atom. The van der Waals surface area contributed by atoms with E-state index in [0.717, 1.165) is 16.7 Å². The Labute approximate surface area is 187 Å². The number of imidazole rings is 1. The summed E-state index contributed by atoms with van der Waals surface area (Å²) < 4.78 is 7.34. The summed E-state index contributed by atoms with van der Waals surface area (Å²) in [6.07, 6.45) is 2.47. The predicted octanol–water partition coefficient (Wildman–Crippen LogP) is 2.31. The van der Waals surface area contributed by atoms with Gasteiger partial charge in [-0.05, 0) is 42.3 Å². The minimum Gasteiger partial charge on any atom is -0.488 e. The van der Waals surface area contributed by atoms with Crippen LogP contribution in [-0.2, 0) is 0 Å². The van der Waals surface area contributed by atoms with Gasteiger partial charge in [-0.2, -0.15) is 0 Å². The molecule has 0 aliphatic carbocycles. The number of aliphatic hydroxyl groups is 4. The molecule has 0 bridgehead atoms. The number of nitrogens with zero attached hydrogens (tertiary/aromatic N) is 2. The normalized spacial score (nSPS) is 13.7. The summed E-state index contributed by atoms with van der Waals surface area (Å²) >= 11 is 0. The van der Waals surface area contributed by atoms with E-state index in [9.17, 15) is 15.3 Å². The first-order chi connectivity index (χ1) is 15.5. The Bertz CT molecular complexity index is 1030. The van der Waals surface area contributed by atoms with Crippen molar-refractivity contribution in [1.82, 2.24) is 9.55 Å². The first-order valence-corrected chi connectivity index (χ1v) is 10.5. The molecule has 7 nitrogen and oxygen atoms in total. The number of aromatic nitrogens is 2. The van der Waals surface area contributed by atoms with Crippen LogP contribution >= 0.6 is 0 Å². The monoisotopic (exact) mass is 436 g/mol. The van der Waals surface area contributed by atoms with Crippen LogP contribution in [0.25, 0.3) is 11.1 Å². The lowest BCUT2D eigenvalue weighted by molar-refractivity contribution is 0.0906. The van der Waals surface area contributed by atoms with Gasteiger partial charge in [0.25, 0.3) is 0 Å². The molecule has 0 radical (unpaired) electrons. The third-order valence-electron chi connectivity index (χ3n) is 4.99. The second kappa shape index (κ2) is 11.5. The lowest BCUT2D eigenvalue weighted by atomic mass is 10.0. The van der Waals surface area contributed by atoms with E-state index in [-0.39, 0.29) is 19.8 Å². The maximum atomic E-state index is 9.82. The van der Waals surface area contributed by atoms with Crippen LogP contribution in [0.3, 0.4) is 0 Å². The van der Waals surface area contributed by atoms with Crippen molar-refractivity contribution in [3.05, 3.63) is 72.3 Å².